The Labute approximate surface area is 198 Å². The normalized spacial score (nSPS) is 15.2. The van der Waals surface area contributed by atoms with Crippen molar-refractivity contribution >= 4 is 46.1 Å². The Morgan fingerprint density at radius 1 is 1.18 bits per heavy atom. The third kappa shape index (κ3) is 4.82. The number of nitrogens with one attached hydrogen (secondary N) is 1. The number of nitrogens with zero attached hydrogens (tertiary/aromatic N) is 5. The van der Waals surface area contributed by atoms with Crippen molar-refractivity contribution in [1.29, 1.82) is 0 Å². The zero-order valence-corrected chi connectivity index (χ0v) is 19.9. The van der Waals surface area contributed by atoms with E-state index < -0.39 is 17.1 Å². The van der Waals surface area contributed by atoms with Crippen LogP contribution >= 0.6 is 0 Å². The lowest BCUT2D eigenvalue weighted by molar-refractivity contribution is 0.425. The van der Waals surface area contributed by atoms with Crippen molar-refractivity contribution in [1.82, 2.24) is 15.0 Å². The van der Waals surface area contributed by atoms with Gasteiger partial charge >= 0.3 is 7.12 Å². The average Bonchev–Trinajstić information content (AvgIpc) is 3.12. The molecule has 0 spiro atoms. The van der Waals surface area contributed by atoms with Crippen molar-refractivity contribution in [2.45, 2.75) is 30.8 Å². The molecule has 2 aromatic carbocycles. The van der Waals surface area contributed by atoms with Crippen molar-refractivity contribution in [2.24, 2.45) is 5.14 Å². The number of nitrogens with two attached hydrogens (primary N) is 1. The van der Waals surface area contributed by atoms with Gasteiger partial charge in [0.1, 0.15) is 0 Å². The van der Waals surface area contributed by atoms with Crippen LogP contribution in [0.2, 0.25) is 0 Å². The van der Waals surface area contributed by atoms with Gasteiger partial charge in [0.25, 0.3) is 0 Å². The molecular formula is C21H26BN7O4S. The fourth-order valence-electron chi connectivity index (χ4n) is 3.97. The van der Waals surface area contributed by atoms with Crippen molar-refractivity contribution in [3.05, 3.63) is 53.6 Å². The zero-order chi connectivity index (χ0) is 24.6. The quantitative estimate of drug-likeness (QED) is 0.336. The highest BCUT2D eigenvalue weighted by Gasteiger charge is 2.33. The fourth-order valence-corrected chi connectivity index (χ4v) is 4.77. The summed E-state index contributed by atoms with van der Waals surface area (Å²) in [4.78, 5) is 17.4. The molecule has 3 aromatic rings. The van der Waals surface area contributed by atoms with Gasteiger partial charge in [0.05, 0.1) is 4.90 Å². The average molecular weight is 483 g/mol. The second-order valence-electron chi connectivity index (χ2n) is 8.35. The van der Waals surface area contributed by atoms with E-state index in [9.17, 15) is 18.5 Å². The van der Waals surface area contributed by atoms with E-state index in [1.54, 1.807) is 29.2 Å². The van der Waals surface area contributed by atoms with Crippen LogP contribution in [0, 0.1) is 0 Å². The van der Waals surface area contributed by atoms with Crippen LogP contribution in [0.1, 0.15) is 18.1 Å². The molecule has 1 aromatic heterocycles. The highest BCUT2D eigenvalue weighted by atomic mass is 32.2. The standard InChI is InChI=1S/C21H26BN7O4S/c1-13-10-16-17(8-5-9-18(16)34(23,32)33)29(13)21-26-19(25-20(27-21)28(2)3)24-12-14-6-4-7-15(11-14)22(30)31/h4-9,11,13,30-31H,10,12H2,1-3H3,(H2,23,32,33)(H,24,25,26,27). The number of hydrogen-bond donors (Lipinski definition) is 4. The highest BCUT2D eigenvalue weighted by Crippen LogP contribution is 2.40. The predicted octanol–water partition coefficient (Wildman–Crippen LogP) is -0.0404. The van der Waals surface area contributed by atoms with Crippen LogP contribution < -0.4 is 25.7 Å². The van der Waals surface area contributed by atoms with Crippen LogP contribution in [0.25, 0.3) is 0 Å². The second-order valence-corrected chi connectivity index (χ2v) is 9.88. The van der Waals surface area contributed by atoms with E-state index in [1.165, 1.54) is 6.07 Å². The summed E-state index contributed by atoms with van der Waals surface area (Å²) >= 11 is 0. The summed E-state index contributed by atoms with van der Waals surface area (Å²) in [6, 6.07) is 11.8. The minimum Gasteiger partial charge on any atom is -0.423 e. The highest BCUT2D eigenvalue weighted by molar-refractivity contribution is 7.89. The summed E-state index contributed by atoms with van der Waals surface area (Å²) in [5.41, 5.74) is 2.53. The summed E-state index contributed by atoms with van der Waals surface area (Å²) in [6.07, 6.45) is 0.476. The molecule has 0 saturated heterocycles. The Bertz CT molecular complexity index is 1320. The summed E-state index contributed by atoms with van der Waals surface area (Å²) in [6.45, 7) is 2.31. The van der Waals surface area contributed by atoms with Gasteiger partial charge in [-0.1, -0.05) is 30.3 Å². The molecular weight excluding hydrogens is 457 g/mol. The van der Waals surface area contributed by atoms with E-state index >= 15 is 0 Å². The Hall–Kier alpha value is -3.26. The van der Waals surface area contributed by atoms with E-state index in [2.05, 4.69) is 20.3 Å². The van der Waals surface area contributed by atoms with E-state index in [0.29, 0.717) is 47.5 Å². The van der Waals surface area contributed by atoms with Gasteiger partial charge in [-0.3, -0.25) is 0 Å². The number of hydrogen-bond acceptors (Lipinski definition) is 10. The molecule has 2 heterocycles. The van der Waals surface area contributed by atoms with Gasteiger partial charge in [0.15, 0.2) is 0 Å². The maximum Gasteiger partial charge on any atom is 0.488 e. The maximum absolute atomic E-state index is 12.1. The molecule has 1 unspecified atom stereocenters. The van der Waals surface area contributed by atoms with E-state index in [0.717, 1.165) is 5.56 Å². The molecule has 1 aliphatic rings. The SMILES string of the molecule is CC1Cc2c(cccc2S(N)(=O)=O)N1c1nc(NCc2cccc(B(O)O)c2)nc(N(C)C)n1. The monoisotopic (exact) mass is 483 g/mol. The third-order valence-corrected chi connectivity index (χ3v) is 6.54. The van der Waals surface area contributed by atoms with Gasteiger partial charge in [-0.05, 0) is 42.1 Å². The molecule has 0 saturated carbocycles. The number of rotatable bonds is 7. The van der Waals surface area contributed by atoms with E-state index in [4.69, 9.17) is 5.14 Å². The maximum atomic E-state index is 12.1. The Morgan fingerprint density at radius 3 is 2.59 bits per heavy atom. The molecule has 0 amide bonds. The number of fused-ring (bicyclic) bond motifs is 1. The minimum atomic E-state index is -3.87. The van der Waals surface area contributed by atoms with Crippen LogP contribution in [-0.2, 0) is 23.0 Å². The number of benzene rings is 2. The second kappa shape index (κ2) is 9.18. The first-order valence-corrected chi connectivity index (χ1v) is 12.2. The number of primary sulfonamides is 1. The molecule has 1 aliphatic heterocycles. The Morgan fingerprint density at radius 2 is 1.91 bits per heavy atom. The van der Waals surface area contributed by atoms with Gasteiger partial charge in [0, 0.05) is 32.4 Å². The van der Waals surface area contributed by atoms with Crippen LogP contribution in [-0.4, -0.2) is 60.7 Å². The first-order valence-electron chi connectivity index (χ1n) is 10.6. The summed E-state index contributed by atoms with van der Waals surface area (Å²) < 4.78 is 24.2. The van der Waals surface area contributed by atoms with Crippen molar-refractivity contribution in [3.8, 4) is 0 Å². The molecule has 11 nitrogen and oxygen atoms in total. The van der Waals surface area contributed by atoms with Crippen LogP contribution in [0.15, 0.2) is 47.4 Å². The van der Waals surface area contributed by atoms with Gasteiger partial charge in [-0.2, -0.15) is 15.0 Å². The largest absolute Gasteiger partial charge is 0.488 e. The molecule has 5 N–H and O–H groups in total. The van der Waals surface area contributed by atoms with E-state index in [1.807, 2.05) is 38.1 Å². The molecule has 0 aliphatic carbocycles. The summed E-state index contributed by atoms with van der Waals surface area (Å²) in [7, 11) is -1.79. The van der Waals surface area contributed by atoms with Crippen molar-refractivity contribution in [3.63, 3.8) is 0 Å². The predicted molar refractivity (Wildman–Crippen MR) is 131 cm³/mol. The molecule has 4 rings (SSSR count). The van der Waals surface area contributed by atoms with Crippen LogP contribution in [0.4, 0.5) is 23.5 Å². The Balaban J connectivity index is 1.70. The lowest BCUT2D eigenvalue weighted by atomic mass is 9.80. The van der Waals surface area contributed by atoms with E-state index in [-0.39, 0.29) is 10.9 Å². The molecule has 13 heteroatoms. The number of sulfonamides is 1. The van der Waals surface area contributed by atoms with Gasteiger partial charge < -0.3 is 25.2 Å². The van der Waals surface area contributed by atoms with Gasteiger partial charge in [-0.25, -0.2) is 13.6 Å². The zero-order valence-electron chi connectivity index (χ0n) is 19.0. The van der Waals surface area contributed by atoms with Crippen LogP contribution in [0.3, 0.4) is 0 Å². The first kappa shape index (κ1) is 23.9. The fraction of sp³-hybridized carbons (Fsp3) is 0.286. The molecule has 0 fully saturated rings. The minimum absolute atomic E-state index is 0.102. The van der Waals surface area contributed by atoms with Gasteiger partial charge in [0.2, 0.25) is 27.9 Å². The molecule has 34 heavy (non-hydrogen) atoms. The first-order chi connectivity index (χ1) is 16.0. The molecule has 1 atom stereocenters. The van der Waals surface area contributed by atoms with Crippen LogP contribution in [0.5, 0.6) is 0 Å². The van der Waals surface area contributed by atoms with Crippen molar-refractivity contribution < 1.29 is 18.5 Å². The molecule has 178 valence electrons. The van der Waals surface area contributed by atoms with Gasteiger partial charge in [-0.15, -0.1) is 0 Å². The lowest BCUT2D eigenvalue weighted by Crippen LogP contribution is -2.30. The summed E-state index contributed by atoms with van der Waals surface area (Å²) in [5.74, 6) is 1.13. The molecule has 0 radical (unpaired) electrons. The van der Waals surface area contributed by atoms with Crippen molar-refractivity contribution in [2.75, 3.05) is 29.2 Å². The topological polar surface area (TPSA) is 158 Å². The Kier molecular flexibility index (Phi) is 6.45. The smallest absolute Gasteiger partial charge is 0.423 e. The number of aromatic nitrogens is 3. The lowest BCUT2D eigenvalue weighted by Gasteiger charge is -2.24. The summed E-state index contributed by atoms with van der Waals surface area (Å²) in [5, 5.41) is 27.4. The molecule has 0 bridgehead atoms. The number of anilines is 4. The third-order valence-electron chi connectivity index (χ3n) is 5.54.